The average Bonchev–Trinajstić information content (AvgIpc) is 1.51. The molecule has 0 spiro atoms. The van der Waals surface area contributed by atoms with Crippen molar-refractivity contribution in [3.8, 4) is 22.3 Å². The topological polar surface area (TPSA) is 15.3 Å². The van der Waals surface area contributed by atoms with Crippen LogP contribution in [0.4, 0.5) is 34.1 Å². The van der Waals surface area contributed by atoms with Gasteiger partial charge in [0.05, 0.1) is 67.2 Å². The normalized spacial score (nSPS) is 12.7. The number of fused-ring (bicyclic) bond motifs is 18. The Balaban J connectivity index is 0.947. The lowest BCUT2D eigenvalue weighted by Crippen LogP contribution is -2.12. The van der Waals surface area contributed by atoms with Crippen molar-refractivity contribution in [3.05, 3.63) is 278 Å². The molecule has 92 heavy (non-hydrogen) atoms. The van der Waals surface area contributed by atoms with Gasteiger partial charge in [0.25, 0.3) is 0 Å². The maximum absolute atomic E-state index is 2.67. The van der Waals surface area contributed by atoms with E-state index in [4.69, 9.17) is 0 Å². The summed E-state index contributed by atoms with van der Waals surface area (Å²) in [5, 5.41) is 15.1. The molecular weight excluding hydrogens is 1150 g/mol. The van der Waals surface area contributed by atoms with Crippen molar-refractivity contribution in [1.82, 2.24) is 8.80 Å². The lowest BCUT2D eigenvalue weighted by molar-refractivity contribution is 0.594. The van der Waals surface area contributed by atoms with Gasteiger partial charge in [-0.2, -0.15) is 0 Å². The Morgan fingerprint density at radius 1 is 0.261 bits per heavy atom. The highest BCUT2D eigenvalue weighted by molar-refractivity contribution is 7.26. The molecule has 0 amide bonds. The van der Waals surface area contributed by atoms with Gasteiger partial charge in [0.1, 0.15) is 0 Å². The summed E-state index contributed by atoms with van der Waals surface area (Å²) in [7, 11) is 0. The van der Waals surface area contributed by atoms with Crippen LogP contribution in [0.15, 0.2) is 267 Å². The average molecular weight is 1220 g/mol. The van der Waals surface area contributed by atoms with Crippen LogP contribution in [0.25, 0.3) is 139 Å². The van der Waals surface area contributed by atoms with Crippen molar-refractivity contribution in [2.24, 2.45) is 0 Å². The first-order valence-electron chi connectivity index (χ1n) is 32.1. The van der Waals surface area contributed by atoms with E-state index in [-0.39, 0.29) is 10.8 Å². The minimum Gasteiger partial charge on any atom is -0.308 e. The van der Waals surface area contributed by atoms with Crippen LogP contribution in [0.1, 0.15) is 52.7 Å². The van der Waals surface area contributed by atoms with E-state index in [9.17, 15) is 0 Å². The Morgan fingerprint density at radius 3 is 1.04 bits per heavy atom. The predicted octanol–water partition coefficient (Wildman–Crippen LogP) is 25.6. The molecule has 6 heterocycles. The Morgan fingerprint density at radius 2 is 0.609 bits per heavy atom. The van der Waals surface area contributed by atoms with Gasteiger partial charge in [-0.15, -0.1) is 22.7 Å². The van der Waals surface area contributed by atoms with Crippen LogP contribution < -0.4 is 9.80 Å². The van der Waals surface area contributed by atoms with Crippen molar-refractivity contribution in [2.45, 2.75) is 52.4 Å². The van der Waals surface area contributed by atoms with E-state index < -0.39 is 0 Å². The molecule has 19 rings (SSSR count). The summed E-state index contributed by atoms with van der Waals surface area (Å²) in [4.78, 5) is 5.21. The first-order valence-corrected chi connectivity index (χ1v) is 33.7. The quantitative estimate of drug-likeness (QED) is 0.151. The summed E-state index contributed by atoms with van der Waals surface area (Å²) >= 11 is 3.75. The standard InChI is InChI=1S/C86H62N4S2/c1-85(2,3)63-35-21-33-59-79-69(87(65-37-17-13-29-53(65)51-25-9-7-10-26-51)67-39-23-43-75-77(67)57-31-15-19-41-73(57)91-75)47-45-55-61-50-72-62(49-71(61)89(81(59)63)83(55)79)56-46-48-70(80-60-34-22-36-64(86(4,5)6)82(60)90(72)84(56)80)88(66-38-18-14-30-54(66)52-27-11-8-12-28-52)68-40-24-44-76-78(68)58-32-16-20-42-74(58)92-76/h7-50H,1-6H3. The van der Waals surface area contributed by atoms with E-state index in [0.29, 0.717) is 0 Å². The number of thiophene rings is 2. The third kappa shape index (κ3) is 7.50. The molecule has 0 aliphatic carbocycles. The van der Waals surface area contributed by atoms with Gasteiger partial charge in [-0.3, -0.25) is 0 Å². The molecule has 0 bridgehead atoms. The molecule has 4 nitrogen and oxygen atoms in total. The fraction of sp³-hybridized carbons (Fsp3) is 0.0930. The number of rotatable bonds is 8. The molecule has 0 saturated heterocycles. The molecule has 0 aliphatic rings. The van der Waals surface area contributed by atoms with E-state index in [0.717, 1.165) is 34.1 Å². The van der Waals surface area contributed by atoms with Crippen molar-refractivity contribution >= 4 is 173 Å². The number of aromatic nitrogens is 2. The fourth-order valence-corrected chi connectivity index (χ4v) is 18.2. The SMILES string of the molecule is CC(C)(C)c1cccc2c3c(N(c4ccccc4-c4ccccc4)c4cccc5sc6ccccc6c45)ccc4c5cc6c(cc5n(c12)c43)c1ccc(N(c2ccccc2-c2ccccc2)c2cccc3sc4ccccc4c23)c2c3cccc(C(C)(C)C)c3n6c12. The summed E-state index contributed by atoms with van der Waals surface area (Å²) < 4.78 is 10.5. The Bertz CT molecular complexity index is 5840. The predicted molar refractivity (Wildman–Crippen MR) is 399 cm³/mol. The zero-order chi connectivity index (χ0) is 61.5. The highest BCUT2D eigenvalue weighted by atomic mass is 32.1. The molecule has 13 aromatic carbocycles. The van der Waals surface area contributed by atoms with Crippen LogP contribution >= 0.6 is 22.7 Å². The maximum atomic E-state index is 2.67. The van der Waals surface area contributed by atoms with Gasteiger partial charge in [0, 0.05) is 94.6 Å². The number of benzene rings is 13. The molecule has 6 heteroatoms. The second-order valence-corrected chi connectivity index (χ2v) is 29.3. The Labute approximate surface area is 541 Å². The molecule has 19 aromatic rings. The molecule has 0 radical (unpaired) electrons. The molecule has 0 aliphatic heterocycles. The van der Waals surface area contributed by atoms with Crippen molar-refractivity contribution in [1.29, 1.82) is 0 Å². The van der Waals surface area contributed by atoms with E-state index in [1.165, 1.54) is 150 Å². The van der Waals surface area contributed by atoms with Crippen molar-refractivity contribution < 1.29 is 0 Å². The first kappa shape index (κ1) is 53.3. The monoisotopic (exact) mass is 1210 g/mol. The Hall–Kier alpha value is -10.5. The molecule has 0 N–H and O–H groups in total. The van der Waals surface area contributed by atoms with Crippen LogP contribution in [0.2, 0.25) is 0 Å². The van der Waals surface area contributed by atoms with Gasteiger partial charge in [-0.1, -0.05) is 236 Å². The van der Waals surface area contributed by atoms with Crippen molar-refractivity contribution in [3.63, 3.8) is 0 Å². The van der Waals surface area contributed by atoms with E-state index >= 15 is 0 Å². The van der Waals surface area contributed by atoms with E-state index in [1.54, 1.807) is 0 Å². The molecule has 0 unspecified atom stereocenters. The molecule has 0 saturated carbocycles. The lowest BCUT2D eigenvalue weighted by Gasteiger charge is -2.29. The highest BCUT2D eigenvalue weighted by Gasteiger charge is 2.34. The number of anilines is 6. The summed E-state index contributed by atoms with van der Waals surface area (Å²) in [6.45, 7) is 14.3. The van der Waals surface area contributed by atoms with E-state index in [2.05, 4.69) is 327 Å². The second-order valence-electron chi connectivity index (χ2n) is 27.1. The van der Waals surface area contributed by atoms with Gasteiger partial charge in [-0.25, -0.2) is 0 Å². The first-order chi connectivity index (χ1) is 45.0. The zero-order valence-electron chi connectivity index (χ0n) is 52.0. The summed E-state index contributed by atoms with van der Waals surface area (Å²) in [6.07, 6.45) is 0. The van der Waals surface area contributed by atoms with Crippen LogP contribution in [0, 0.1) is 0 Å². The number of hydrogen-bond acceptors (Lipinski definition) is 4. The van der Waals surface area contributed by atoms with Crippen LogP contribution in [-0.2, 0) is 10.8 Å². The zero-order valence-corrected chi connectivity index (χ0v) is 53.6. The number of hydrogen-bond donors (Lipinski definition) is 0. The summed E-state index contributed by atoms with van der Waals surface area (Å²) in [6, 6.07) is 101. The third-order valence-electron chi connectivity index (χ3n) is 19.8. The van der Waals surface area contributed by atoms with Gasteiger partial charge in [0.15, 0.2) is 0 Å². The number of nitrogens with zero attached hydrogens (tertiary/aromatic N) is 4. The van der Waals surface area contributed by atoms with Gasteiger partial charge < -0.3 is 18.6 Å². The smallest absolute Gasteiger partial charge is 0.0641 e. The lowest BCUT2D eigenvalue weighted by atomic mass is 9.85. The van der Waals surface area contributed by atoms with E-state index in [1.807, 2.05) is 22.7 Å². The largest absolute Gasteiger partial charge is 0.308 e. The fourth-order valence-electron chi connectivity index (χ4n) is 16.0. The summed E-state index contributed by atoms with van der Waals surface area (Å²) in [5.74, 6) is 0. The molecular formula is C86H62N4S2. The van der Waals surface area contributed by atoms with Crippen LogP contribution in [-0.4, -0.2) is 8.80 Å². The molecule has 438 valence electrons. The van der Waals surface area contributed by atoms with Gasteiger partial charge >= 0.3 is 0 Å². The Kier molecular flexibility index (Phi) is 11.3. The maximum Gasteiger partial charge on any atom is 0.0641 e. The third-order valence-corrected chi connectivity index (χ3v) is 22.1. The number of para-hydroxylation sites is 4. The van der Waals surface area contributed by atoms with Gasteiger partial charge in [-0.05, 0) is 106 Å². The second kappa shape index (κ2) is 19.5. The molecule has 6 aromatic heterocycles. The van der Waals surface area contributed by atoms with Crippen LogP contribution in [0.3, 0.4) is 0 Å². The summed E-state index contributed by atoms with van der Waals surface area (Å²) in [5.41, 5.74) is 21.4. The molecule has 0 atom stereocenters. The minimum atomic E-state index is -0.179. The van der Waals surface area contributed by atoms with Crippen molar-refractivity contribution in [2.75, 3.05) is 9.80 Å². The molecule has 0 fully saturated rings. The van der Waals surface area contributed by atoms with Gasteiger partial charge in [0.2, 0.25) is 0 Å². The van der Waals surface area contributed by atoms with Crippen LogP contribution in [0.5, 0.6) is 0 Å². The minimum absolute atomic E-state index is 0.179. The highest BCUT2D eigenvalue weighted by Crippen LogP contribution is 2.57.